The van der Waals surface area contributed by atoms with E-state index in [9.17, 15) is 19.5 Å². The number of nitrogens with zero attached hydrogens (tertiary/aromatic N) is 4. The molecule has 2 saturated heterocycles. The van der Waals surface area contributed by atoms with Crippen LogP contribution in [0.25, 0.3) is 16.5 Å². The molecule has 0 bridgehead atoms. The van der Waals surface area contributed by atoms with E-state index in [1.54, 1.807) is 41.2 Å². The van der Waals surface area contributed by atoms with Crippen molar-refractivity contribution in [2.45, 2.75) is 69.1 Å². The Bertz CT molecular complexity index is 1980. The van der Waals surface area contributed by atoms with E-state index in [4.69, 9.17) is 4.74 Å². The first-order chi connectivity index (χ1) is 22.9. The molecule has 1 aromatic heterocycles. The summed E-state index contributed by atoms with van der Waals surface area (Å²) in [4.78, 5) is 45.1. The molecule has 2 fully saturated rings. The monoisotopic (exact) mass is 732 g/mol. The number of aliphatic hydroxyl groups excluding tert-OH is 1. The summed E-state index contributed by atoms with van der Waals surface area (Å²) in [7, 11) is -3.47. The summed E-state index contributed by atoms with van der Waals surface area (Å²) in [5.74, 6) is -1.04. The number of hydrogen-bond acceptors (Lipinski definition) is 6. The van der Waals surface area contributed by atoms with Gasteiger partial charge in [-0.25, -0.2) is 0 Å². The molecule has 0 aliphatic carbocycles. The Kier molecular flexibility index (Phi) is 8.42. The van der Waals surface area contributed by atoms with Crippen LogP contribution in [0.5, 0.6) is 0 Å². The lowest BCUT2D eigenvalue weighted by atomic mass is 9.82. The topological polar surface area (TPSA) is 105 Å². The summed E-state index contributed by atoms with van der Waals surface area (Å²) in [5, 5.41) is 15.6. The number of hydrogen-bond donors (Lipinski definition) is 1. The molecule has 2 amide bonds. The Hall–Kier alpha value is -3.71. The minimum atomic E-state index is -3.47. The van der Waals surface area contributed by atoms with Gasteiger partial charge < -0.3 is 23.8 Å². The molecule has 12 heteroatoms. The molecule has 5 atom stereocenters. The zero-order valence-corrected chi connectivity index (χ0v) is 29.7. The number of ether oxygens (including phenoxy) is 1. The number of halogens is 2. The lowest BCUT2D eigenvalue weighted by molar-refractivity contribution is -0.150. The van der Waals surface area contributed by atoms with Crippen LogP contribution in [0.4, 0.5) is 9.80 Å². The second kappa shape index (κ2) is 12.3. The van der Waals surface area contributed by atoms with Crippen LogP contribution in [0.2, 0.25) is 18.6 Å². The summed E-state index contributed by atoms with van der Waals surface area (Å²) in [5.41, 5.74) is 0.289. The Morgan fingerprint density at radius 2 is 1.92 bits per heavy atom. The van der Waals surface area contributed by atoms with Crippen LogP contribution >= 0.6 is 15.9 Å². The van der Waals surface area contributed by atoms with Gasteiger partial charge in [0.1, 0.15) is 0 Å². The zero-order valence-electron chi connectivity index (χ0n) is 27.1. The lowest BCUT2D eigenvalue weighted by Gasteiger charge is -2.31. The SMILES string of the molecule is C[C@@H]1[C@@H]([Si](C)(C)F)[C@H](CC(=O)N2CCC[C@H]2CO)O[C@@]12C(=O)N(Cc1cccc(-n3ncc4ccccc4c3=O)c1)c1ccc(Br)cc12. The average Bonchev–Trinajstić information content (AvgIpc) is 3.72. The Labute approximate surface area is 287 Å². The molecule has 3 aliphatic heterocycles. The van der Waals surface area contributed by atoms with Crippen molar-refractivity contribution in [3.8, 4) is 5.69 Å². The van der Waals surface area contributed by atoms with Gasteiger partial charge in [0.25, 0.3) is 11.5 Å². The third kappa shape index (κ3) is 5.33. The van der Waals surface area contributed by atoms with Gasteiger partial charge in [0.15, 0.2) is 5.60 Å². The van der Waals surface area contributed by atoms with Gasteiger partial charge in [-0.2, -0.15) is 9.78 Å². The molecular formula is C36H38BrFN4O5Si. The van der Waals surface area contributed by atoms with Crippen LogP contribution in [0.1, 0.15) is 37.3 Å². The molecule has 3 aliphatic rings. The molecule has 0 radical (unpaired) electrons. The first-order valence-electron chi connectivity index (χ1n) is 16.4. The van der Waals surface area contributed by atoms with E-state index in [1.165, 1.54) is 4.68 Å². The molecule has 250 valence electrons. The van der Waals surface area contributed by atoms with E-state index in [1.807, 2.05) is 61.5 Å². The van der Waals surface area contributed by atoms with E-state index in [0.717, 1.165) is 28.3 Å². The number of carbonyl (C=O) groups excluding carboxylic acids is 2. The molecule has 1 N–H and O–H groups in total. The largest absolute Gasteiger partial charge is 0.394 e. The fourth-order valence-corrected chi connectivity index (χ4v) is 11.1. The lowest BCUT2D eigenvalue weighted by Crippen LogP contribution is -2.45. The molecule has 0 saturated carbocycles. The standard InChI is InChI=1S/C36H38BrFN4O5Si/c1-22-33(48(2,3)38)31(18-32(44)40-15-7-11-27(40)21-43)47-36(22)29-17-25(37)13-14-30(29)41(35(36)46)20-23-8-6-10-26(16-23)42-34(45)28-12-5-4-9-24(28)19-39-42/h4-6,8-10,12-14,16-17,19,22,27,31,33,43H,7,11,15,18,20-21H2,1-3H3/t22-,27+,31+,33-,36+/m1/s1. The van der Waals surface area contributed by atoms with Gasteiger partial charge in [-0.15, -0.1) is 0 Å². The third-order valence-electron chi connectivity index (χ3n) is 10.4. The number of aromatic nitrogens is 2. The fourth-order valence-electron chi connectivity index (χ4n) is 8.26. The van der Waals surface area contributed by atoms with Crippen LogP contribution in [0.15, 0.2) is 82.2 Å². The summed E-state index contributed by atoms with van der Waals surface area (Å²) in [6, 6.07) is 20.0. The molecule has 0 unspecified atom stereocenters. The van der Waals surface area contributed by atoms with Crippen LogP contribution in [-0.4, -0.2) is 65.3 Å². The van der Waals surface area contributed by atoms with E-state index in [2.05, 4.69) is 21.0 Å². The van der Waals surface area contributed by atoms with Crippen molar-refractivity contribution in [3.63, 3.8) is 0 Å². The number of amides is 2. The van der Waals surface area contributed by atoms with Crippen molar-refractivity contribution in [3.05, 3.63) is 98.9 Å². The highest BCUT2D eigenvalue weighted by Gasteiger charge is 2.67. The maximum absolute atomic E-state index is 16.3. The number of carbonyl (C=O) groups is 2. The van der Waals surface area contributed by atoms with Gasteiger partial charge in [0.05, 0.1) is 54.7 Å². The van der Waals surface area contributed by atoms with Gasteiger partial charge in [-0.1, -0.05) is 53.2 Å². The molecule has 48 heavy (non-hydrogen) atoms. The zero-order chi connectivity index (χ0) is 34.0. The van der Waals surface area contributed by atoms with Crippen molar-refractivity contribution in [2.75, 3.05) is 18.1 Å². The average molecular weight is 734 g/mol. The molecule has 1 spiro atoms. The second-order valence-electron chi connectivity index (χ2n) is 13.7. The van der Waals surface area contributed by atoms with Gasteiger partial charge in [0.2, 0.25) is 14.3 Å². The predicted molar refractivity (Wildman–Crippen MR) is 187 cm³/mol. The summed E-state index contributed by atoms with van der Waals surface area (Å²) in [6.07, 6.45) is 2.33. The first kappa shape index (κ1) is 32.8. The van der Waals surface area contributed by atoms with Gasteiger partial charge >= 0.3 is 0 Å². The van der Waals surface area contributed by atoms with Crippen LogP contribution in [-0.2, 0) is 26.5 Å². The van der Waals surface area contributed by atoms with Crippen LogP contribution in [0, 0.1) is 5.92 Å². The number of fused-ring (bicyclic) bond motifs is 3. The van der Waals surface area contributed by atoms with Crippen molar-refractivity contribution >= 4 is 52.6 Å². The fraction of sp³-hybridized carbons (Fsp3) is 0.389. The number of aliphatic hydroxyl groups is 1. The maximum Gasteiger partial charge on any atom is 0.279 e. The molecule has 4 aromatic rings. The van der Waals surface area contributed by atoms with Gasteiger partial charge in [-0.3, -0.25) is 14.4 Å². The minimum Gasteiger partial charge on any atom is -0.394 e. The van der Waals surface area contributed by atoms with E-state index in [0.29, 0.717) is 28.9 Å². The van der Waals surface area contributed by atoms with Crippen LogP contribution < -0.4 is 10.5 Å². The van der Waals surface area contributed by atoms with E-state index < -0.39 is 31.6 Å². The minimum absolute atomic E-state index is 0.0558. The first-order valence-corrected chi connectivity index (χ1v) is 20.1. The molecule has 3 aromatic carbocycles. The summed E-state index contributed by atoms with van der Waals surface area (Å²) >= 11 is 3.58. The maximum atomic E-state index is 16.3. The second-order valence-corrected chi connectivity index (χ2v) is 18.4. The molecule has 9 nitrogen and oxygen atoms in total. The van der Waals surface area contributed by atoms with Crippen molar-refractivity contribution in [1.29, 1.82) is 0 Å². The normalized spacial score (nSPS) is 25.4. The number of anilines is 1. The molecular weight excluding hydrogens is 695 g/mol. The third-order valence-corrected chi connectivity index (χ3v) is 13.3. The highest BCUT2D eigenvalue weighted by Crippen LogP contribution is 2.60. The van der Waals surface area contributed by atoms with E-state index >= 15 is 4.11 Å². The van der Waals surface area contributed by atoms with Crippen molar-refractivity contribution in [1.82, 2.24) is 14.7 Å². The smallest absolute Gasteiger partial charge is 0.279 e. The summed E-state index contributed by atoms with van der Waals surface area (Å²) < 4.78 is 25.2. The molecule has 4 heterocycles. The Morgan fingerprint density at radius 1 is 1.12 bits per heavy atom. The van der Waals surface area contributed by atoms with Gasteiger partial charge in [-0.05, 0) is 67.9 Å². The number of benzene rings is 3. The highest BCUT2D eigenvalue weighted by atomic mass is 79.9. The molecule has 7 rings (SSSR count). The van der Waals surface area contributed by atoms with Crippen molar-refractivity contribution < 1.29 is 23.5 Å². The quantitative estimate of drug-likeness (QED) is 0.189. The Balaban J connectivity index is 1.24. The van der Waals surface area contributed by atoms with Crippen LogP contribution in [0.3, 0.4) is 0 Å². The van der Waals surface area contributed by atoms with Gasteiger partial charge in [0, 0.05) is 33.4 Å². The number of likely N-dealkylation sites (tertiary alicyclic amines) is 1. The summed E-state index contributed by atoms with van der Waals surface area (Å²) in [6.45, 7) is 5.72. The van der Waals surface area contributed by atoms with Crippen molar-refractivity contribution in [2.24, 2.45) is 5.92 Å². The van der Waals surface area contributed by atoms with E-state index in [-0.39, 0.29) is 43.0 Å². The predicted octanol–water partition coefficient (Wildman–Crippen LogP) is 5.84. The number of rotatable bonds is 7. The Morgan fingerprint density at radius 3 is 2.69 bits per heavy atom. The highest BCUT2D eigenvalue weighted by molar-refractivity contribution is 9.10.